The highest BCUT2D eigenvalue weighted by atomic mass is 16.5. The Bertz CT molecular complexity index is 345. The zero-order chi connectivity index (χ0) is 12.2. The minimum atomic E-state index is -0.112. The summed E-state index contributed by atoms with van der Waals surface area (Å²) < 4.78 is 10.4. The van der Waals surface area contributed by atoms with Crippen LogP contribution in [0.5, 0.6) is 11.5 Å². The van der Waals surface area contributed by atoms with E-state index in [1.54, 1.807) is 14.2 Å². The molecule has 1 rings (SSSR count). The van der Waals surface area contributed by atoms with Gasteiger partial charge in [-0.3, -0.25) is 0 Å². The van der Waals surface area contributed by atoms with Crippen LogP contribution in [0.25, 0.3) is 0 Å². The molecule has 0 saturated carbocycles. The van der Waals surface area contributed by atoms with Gasteiger partial charge in [0.1, 0.15) is 0 Å². The monoisotopic (exact) mass is 224 g/mol. The molecular weight excluding hydrogens is 204 g/mol. The largest absolute Gasteiger partial charge is 0.493 e. The van der Waals surface area contributed by atoms with E-state index in [4.69, 9.17) is 9.47 Å². The lowest BCUT2D eigenvalue weighted by Crippen LogP contribution is -2.19. The third-order valence-electron chi connectivity index (χ3n) is 2.56. The molecule has 0 bridgehead atoms. The molecule has 3 nitrogen and oxygen atoms in total. The maximum Gasteiger partial charge on any atom is 0.160 e. The Balaban J connectivity index is 2.91. The lowest BCUT2D eigenvalue weighted by molar-refractivity contribution is 0.159. The molecule has 0 saturated heterocycles. The van der Waals surface area contributed by atoms with E-state index in [9.17, 15) is 5.11 Å². The van der Waals surface area contributed by atoms with Crippen molar-refractivity contribution >= 4 is 0 Å². The van der Waals surface area contributed by atoms with E-state index in [-0.39, 0.29) is 12.0 Å². The van der Waals surface area contributed by atoms with Crippen LogP contribution in [-0.2, 0) is 6.42 Å². The lowest BCUT2D eigenvalue weighted by atomic mass is 9.87. The minimum Gasteiger partial charge on any atom is -0.493 e. The van der Waals surface area contributed by atoms with Crippen LogP contribution in [0.1, 0.15) is 19.4 Å². The van der Waals surface area contributed by atoms with Crippen molar-refractivity contribution in [3.63, 3.8) is 0 Å². The Morgan fingerprint density at radius 1 is 1.12 bits per heavy atom. The summed E-state index contributed by atoms with van der Waals surface area (Å²) in [4.78, 5) is 0. The molecule has 1 N–H and O–H groups in total. The molecule has 0 aliphatic carbocycles. The summed E-state index contributed by atoms with van der Waals surface area (Å²) in [6.07, 6.45) is 0.809. The van der Waals surface area contributed by atoms with Gasteiger partial charge in [0.05, 0.1) is 14.2 Å². The standard InChI is InChI=1S/C13H20O3/c1-13(2,9-14)8-10-5-6-11(15-3)12(7-10)16-4/h5-7,14H,8-9H2,1-4H3. The highest BCUT2D eigenvalue weighted by Gasteiger charge is 2.18. The molecule has 16 heavy (non-hydrogen) atoms. The van der Waals surface area contributed by atoms with Gasteiger partial charge in [0.2, 0.25) is 0 Å². The summed E-state index contributed by atoms with van der Waals surface area (Å²) >= 11 is 0. The van der Waals surface area contributed by atoms with Crippen molar-refractivity contribution in [3.8, 4) is 11.5 Å². The van der Waals surface area contributed by atoms with E-state index in [0.29, 0.717) is 0 Å². The van der Waals surface area contributed by atoms with E-state index >= 15 is 0 Å². The van der Waals surface area contributed by atoms with Crippen LogP contribution in [0.15, 0.2) is 18.2 Å². The molecule has 1 aromatic rings. The lowest BCUT2D eigenvalue weighted by Gasteiger charge is -2.22. The fraction of sp³-hybridized carbons (Fsp3) is 0.538. The second-order valence-corrected chi connectivity index (χ2v) is 4.69. The first-order valence-electron chi connectivity index (χ1n) is 5.34. The second kappa shape index (κ2) is 5.21. The van der Waals surface area contributed by atoms with Crippen molar-refractivity contribution in [1.29, 1.82) is 0 Å². The Kier molecular flexibility index (Phi) is 4.19. The quantitative estimate of drug-likeness (QED) is 0.833. The molecule has 0 spiro atoms. The van der Waals surface area contributed by atoms with Crippen molar-refractivity contribution in [2.24, 2.45) is 5.41 Å². The molecule has 90 valence electrons. The van der Waals surface area contributed by atoms with Crippen molar-refractivity contribution in [3.05, 3.63) is 23.8 Å². The molecule has 0 atom stereocenters. The normalized spacial score (nSPS) is 11.3. The van der Waals surface area contributed by atoms with Gasteiger partial charge in [0.15, 0.2) is 11.5 Å². The van der Waals surface area contributed by atoms with Gasteiger partial charge in [-0.15, -0.1) is 0 Å². The van der Waals surface area contributed by atoms with Crippen molar-refractivity contribution in [2.45, 2.75) is 20.3 Å². The molecular formula is C13H20O3. The van der Waals surface area contributed by atoms with Crippen LogP contribution in [0.3, 0.4) is 0 Å². The van der Waals surface area contributed by atoms with Gasteiger partial charge in [0, 0.05) is 6.61 Å². The van der Waals surface area contributed by atoms with Crippen LogP contribution < -0.4 is 9.47 Å². The highest BCUT2D eigenvalue weighted by Crippen LogP contribution is 2.30. The molecule has 0 amide bonds. The Labute approximate surface area is 97.0 Å². The van der Waals surface area contributed by atoms with E-state index in [1.165, 1.54) is 0 Å². The smallest absolute Gasteiger partial charge is 0.160 e. The molecule has 0 unspecified atom stereocenters. The first kappa shape index (κ1) is 12.8. The number of benzene rings is 1. The molecule has 0 heterocycles. The van der Waals surface area contributed by atoms with Crippen LogP contribution in [0, 0.1) is 5.41 Å². The highest BCUT2D eigenvalue weighted by molar-refractivity contribution is 5.43. The Morgan fingerprint density at radius 2 is 1.75 bits per heavy atom. The fourth-order valence-electron chi connectivity index (χ4n) is 1.60. The van der Waals surface area contributed by atoms with Crippen LogP contribution in [0.2, 0.25) is 0 Å². The second-order valence-electron chi connectivity index (χ2n) is 4.69. The predicted octanol–water partition coefficient (Wildman–Crippen LogP) is 2.26. The molecule has 3 heteroatoms. The summed E-state index contributed by atoms with van der Waals surface area (Å²) in [6.45, 7) is 4.23. The summed E-state index contributed by atoms with van der Waals surface area (Å²) in [5.74, 6) is 1.46. The molecule has 0 aromatic heterocycles. The SMILES string of the molecule is COc1ccc(CC(C)(C)CO)cc1OC. The third kappa shape index (κ3) is 3.14. The molecule has 0 fully saturated rings. The van der Waals surface area contributed by atoms with Crippen molar-refractivity contribution in [1.82, 2.24) is 0 Å². The third-order valence-corrected chi connectivity index (χ3v) is 2.56. The van der Waals surface area contributed by atoms with Crippen LogP contribution in [0.4, 0.5) is 0 Å². The number of ether oxygens (including phenoxy) is 2. The van der Waals surface area contributed by atoms with Gasteiger partial charge in [-0.2, -0.15) is 0 Å². The van der Waals surface area contributed by atoms with E-state index in [1.807, 2.05) is 32.0 Å². The number of rotatable bonds is 5. The van der Waals surface area contributed by atoms with Crippen molar-refractivity contribution in [2.75, 3.05) is 20.8 Å². The van der Waals surface area contributed by atoms with Gasteiger partial charge in [-0.25, -0.2) is 0 Å². The minimum absolute atomic E-state index is 0.112. The number of aliphatic hydroxyl groups excluding tert-OH is 1. The van der Waals surface area contributed by atoms with Crippen LogP contribution in [-0.4, -0.2) is 25.9 Å². The predicted molar refractivity (Wildman–Crippen MR) is 64.1 cm³/mol. The average molecular weight is 224 g/mol. The number of hydrogen-bond acceptors (Lipinski definition) is 3. The maximum atomic E-state index is 9.23. The molecule has 0 radical (unpaired) electrons. The first-order chi connectivity index (χ1) is 7.52. The summed E-state index contributed by atoms with van der Waals surface area (Å²) in [5, 5.41) is 9.23. The summed E-state index contributed by atoms with van der Waals surface area (Å²) in [5.41, 5.74) is 1.02. The van der Waals surface area contributed by atoms with E-state index in [0.717, 1.165) is 23.5 Å². The van der Waals surface area contributed by atoms with E-state index in [2.05, 4.69) is 0 Å². The number of hydrogen-bond donors (Lipinski definition) is 1. The zero-order valence-electron chi connectivity index (χ0n) is 10.4. The molecule has 0 aliphatic rings. The fourth-order valence-corrected chi connectivity index (χ4v) is 1.60. The summed E-state index contributed by atoms with van der Waals surface area (Å²) in [6, 6.07) is 5.84. The Morgan fingerprint density at radius 3 is 2.25 bits per heavy atom. The molecule has 0 aliphatic heterocycles. The number of aliphatic hydroxyl groups is 1. The first-order valence-corrected chi connectivity index (χ1v) is 5.34. The van der Waals surface area contributed by atoms with Gasteiger partial charge in [-0.1, -0.05) is 19.9 Å². The van der Waals surface area contributed by atoms with Gasteiger partial charge in [0.25, 0.3) is 0 Å². The van der Waals surface area contributed by atoms with Gasteiger partial charge >= 0.3 is 0 Å². The number of methoxy groups -OCH3 is 2. The topological polar surface area (TPSA) is 38.7 Å². The maximum absolute atomic E-state index is 9.23. The zero-order valence-corrected chi connectivity index (χ0v) is 10.4. The summed E-state index contributed by atoms with van der Waals surface area (Å²) in [7, 11) is 3.24. The van der Waals surface area contributed by atoms with Gasteiger partial charge in [-0.05, 0) is 29.5 Å². The van der Waals surface area contributed by atoms with E-state index < -0.39 is 0 Å². The van der Waals surface area contributed by atoms with Crippen molar-refractivity contribution < 1.29 is 14.6 Å². The van der Waals surface area contributed by atoms with Crippen LogP contribution >= 0.6 is 0 Å². The van der Waals surface area contributed by atoms with Gasteiger partial charge < -0.3 is 14.6 Å². The Hall–Kier alpha value is -1.22. The molecule has 1 aromatic carbocycles. The average Bonchev–Trinajstić information content (AvgIpc) is 2.28.